The zero-order valence-corrected chi connectivity index (χ0v) is 19.2. The maximum absolute atomic E-state index is 13.0. The predicted octanol–water partition coefficient (Wildman–Crippen LogP) is 4.92. The monoisotopic (exact) mass is 466 g/mol. The second-order valence-electron chi connectivity index (χ2n) is 7.15. The van der Waals surface area contributed by atoms with Crippen LogP contribution in [0.3, 0.4) is 0 Å². The molecule has 0 radical (unpaired) electrons. The van der Waals surface area contributed by atoms with E-state index in [9.17, 15) is 9.59 Å². The number of nitrogens with one attached hydrogen (secondary N) is 1. The first-order chi connectivity index (χ1) is 15.4. The van der Waals surface area contributed by atoms with E-state index in [4.69, 9.17) is 16.2 Å². The van der Waals surface area contributed by atoms with E-state index in [0.717, 1.165) is 34.3 Å². The molecule has 1 aromatic carbocycles. The third-order valence-corrected chi connectivity index (χ3v) is 7.04. The lowest BCUT2D eigenvalue weighted by Crippen LogP contribution is -2.17. The summed E-state index contributed by atoms with van der Waals surface area (Å²) in [5, 5.41) is 5.74. The van der Waals surface area contributed by atoms with Gasteiger partial charge in [0.2, 0.25) is 0 Å². The number of pyridine rings is 1. The fraction of sp³-hybridized carbons (Fsp3) is 0.174. The number of aryl methyl sites for hydroxylation is 1. The average molecular weight is 467 g/mol. The first-order valence-electron chi connectivity index (χ1n) is 9.97. The van der Waals surface area contributed by atoms with Gasteiger partial charge in [-0.2, -0.15) is 0 Å². The number of rotatable bonds is 7. The highest BCUT2D eigenvalue weighted by Crippen LogP contribution is 2.38. The Balaban J connectivity index is 1.66. The lowest BCUT2D eigenvalue weighted by Gasteiger charge is -2.07. The summed E-state index contributed by atoms with van der Waals surface area (Å²) in [5.74, 6) is -0.315. The topological polar surface area (TPSA) is 120 Å². The van der Waals surface area contributed by atoms with Gasteiger partial charge < -0.3 is 21.5 Å². The lowest BCUT2D eigenvalue weighted by molar-refractivity contribution is 0.100. The van der Waals surface area contributed by atoms with Crippen LogP contribution in [0.4, 0.5) is 10.7 Å². The Labute approximate surface area is 193 Å². The van der Waals surface area contributed by atoms with E-state index >= 15 is 0 Å². The van der Waals surface area contributed by atoms with Gasteiger partial charge in [-0.15, -0.1) is 22.7 Å². The molecule has 32 heavy (non-hydrogen) atoms. The molecule has 164 valence electrons. The Kier molecular flexibility index (Phi) is 6.11. The maximum atomic E-state index is 13.0. The number of primary amides is 1. The lowest BCUT2D eigenvalue weighted by atomic mass is 10.0. The number of hydrogen-bond donors (Lipinski definition) is 3. The Hall–Kier alpha value is -3.43. The minimum atomic E-state index is -0.623. The van der Waals surface area contributed by atoms with E-state index in [0.29, 0.717) is 26.9 Å². The van der Waals surface area contributed by atoms with Crippen LogP contribution in [-0.2, 0) is 6.42 Å². The zero-order chi connectivity index (χ0) is 22.8. The summed E-state index contributed by atoms with van der Waals surface area (Å²) in [6.45, 7) is 2.09. The second kappa shape index (κ2) is 8.97. The molecule has 0 atom stereocenters. The number of anilines is 2. The van der Waals surface area contributed by atoms with Gasteiger partial charge in [0.25, 0.3) is 11.8 Å². The van der Waals surface area contributed by atoms with Crippen LogP contribution in [0, 0.1) is 0 Å². The molecule has 0 bridgehead atoms. The largest absolute Gasteiger partial charge is 0.497 e. The van der Waals surface area contributed by atoms with Crippen molar-refractivity contribution in [2.24, 2.45) is 5.73 Å². The molecular formula is C23H22N4O3S2. The van der Waals surface area contributed by atoms with Crippen LogP contribution in [0.1, 0.15) is 39.1 Å². The quantitative estimate of drug-likeness (QED) is 0.357. The first-order valence-corrected chi connectivity index (χ1v) is 11.7. The van der Waals surface area contributed by atoms with Crippen LogP contribution in [0.25, 0.3) is 21.3 Å². The third-order valence-electron chi connectivity index (χ3n) is 5.03. The van der Waals surface area contributed by atoms with E-state index in [1.165, 1.54) is 22.7 Å². The summed E-state index contributed by atoms with van der Waals surface area (Å²) in [6, 6.07) is 11.1. The molecule has 0 unspecified atom stereocenters. The van der Waals surface area contributed by atoms with Gasteiger partial charge in [0.15, 0.2) is 0 Å². The normalized spacial score (nSPS) is 10.9. The fourth-order valence-corrected chi connectivity index (χ4v) is 5.41. The highest BCUT2D eigenvalue weighted by molar-refractivity contribution is 7.21. The molecule has 0 aliphatic carbocycles. The third kappa shape index (κ3) is 4.04. The Morgan fingerprint density at radius 1 is 1.16 bits per heavy atom. The van der Waals surface area contributed by atoms with Crippen LogP contribution in [-0.4, -0.2) is 23.9 Å². The molecule has 3 aromatic heterocycles. The van der Waals surface area contributed by atoms with E-state index in [1.54, 1.807) is 24.6 Å². The van der Waals surface area contributed by atoms with Crippen LogP contribution in [0.15, 0.2) is 41.8 Å². The molecule has 0 aliphatic rings. The van der Waals surface area contributed by atoms with Crippen molar-refractivity contribution in [3.63, 3.8) is 0 Å². The number of hydrogen-bond acceptors (Lipinski definition) is 7. The summed E-state index contributed by atoms with van der Waals surface area (Å²) >= 11 is 2.48. The molecule has 4 aromatic rings. The molecule has 5 N–H and O–H groups in total. The van der Waals surface area contributed by atoms with E-state index in [1.807, 2.05) is 24.3 Å². The van der Waals surface area contributed by atoms with Crippen LogP contribution in [0.5, 0.6) is 5.75 Å². The Bertz CT molecular complexity index is 1310. The molecule has 9 heteroatoms. The number of ether oxygens (including phenoxy) is 1. The number of amides is 2. The molecule has 0 aliphatic heterocycles. The number of nitrogens with two attached hydrogens (primary N) is 2. The van der Waals surface area contributed by atoms with E-state index < -0.39 is 11.8 Å². The van der Waals surface area contributed by atoms with Gasteiger partial charge in [0, 0.05) is 22.0 Å². The molecule has 4 rings (SSSR count). The van der Waals surface area contributed by atoms with Gasteiger partial charge in [0.05, 0.1) is 18.4 Å². The minimum absolute atomic E-state index is 0.261. The molecule has 2 amide bonds. The maximum Gasteiger partial charge on any atom is 0.268 e. The number of methoxy groups -OCH3 is 1. The zero-order valence-electron chi connectivity index (χ0n) is 17.6. The molecular weight excluding hydrogens is 444 g/mol. The average Bonchev–Trinajstić information content (AvgIpc) is 3.35. The number of carbonyl (C=O) groups is 2. The van der Waals surface area contributed by atoms with Crippen molar-refractivity contribution in [3.8, 4) is 16.9 Å². The van der Waals surface area contributed by atoms with Gasteiger partial charge in [-0.1, -0.05) is 25.5 Å². The number of nitrogens with zero attached hydrogens (tertiary/aromatic N) is 1. The van der Waals surface area contributed by atoms with Crippen molar-refractivity contribution < 1.29 is 14.3 Å². The van der Waals surface area contributed by atoms with Crippen molar-refractivity contribution in [3.05, 3.63) is 57.9 Å². The summed E-state index contributed by atoms with van der Waals surface area (Å²) < 4.78 is 5.18. The van der Waals surface area contributed by atoms with Crippen molar-refractivity contribution in [2.45, 2.75) is 19.8 Å². The molecule has 0 saturated heterocycles. The van der Waals surface area contributed by atoms with Gasteiger partial charge in [-0.25, -0.2) is 4.98 Å². The van der Waals surface area contributed by atoms with Crippen molar-refractivity contribution in [2.75, 3.05) is 18.2 Å². The number of aromatic nitrogens is 1. The summed E-state index contributed by atoms with van der Waals surface area (Å²) in [7, 11) is 1.59. The number of carbonyl (C=O) groups excluding carboxylic acids is 2. The van der Waals surface area contributed by atoms with Gasteiger partial charge in [-0.3, -0.25) is 9.59 Å². The molecule has 3 heterocycles. The fourth-order valence-electron chi connectivity index (χ4n) is 3.44. The highest BCUT2D eigenvalue weighted by atomic mass is 32.1. The number of nitrogen functional groups attached to an aromatic ring is 1. The highest BCUT2D eigenvalue weighted by Gasteiger charge is 2.23. The molecule has 0 saturated carbocycles. The summed E-state index contributed by atoms with van der Waals surface area (Å²) in [4.78, 5) is 31.0. The molecule has 0 spiro atoms. The predicted molar refractivity (Wildman–Crippen MR) is 131 cm³/mol. The van der Waals surface area contributed by atoms with Crippen LogP contribution >= 0.6 is 22.7 Å². The Morgan fingerprint density at radius 3 is 2.56 bits per heavy atom. The number of thiophene rings is 2. The van der Waals surface area contributed by atoms with Gasteiger partial charge in [-0.05, 0) is 36.2 Å². The number of benzene rings is 1. The van der Waals surface area contributed by atoms with Crippen LogP contribution in [0.2, 0.25) is 0 Å². The smallest absolute Gasteiger partial charge is 0.268 e. The van der Waals surface area contributed by atoms with E-state index in [-0.39, 0.29) is 5.56 Å². The minimum Gasteiger partial charge on any atom is -0.497 e. The van der Waals surface area contributed by atoms with Crippen molar-refractivity contribution >= 4 is 55.4 Å². The first kappa shape index (κ1) is 21.8. The SMILES string of the molecule is CCCc1ccc2c(N)c(C(=O)Nc3scc(-c4ccc(OC)cc4)c3C(N)=O)sc2n1. The van der Waals surface area contributed by atoms with Crippen molar-refractivity contribution in [1.82, 2.24) is 4.98 Å². The Morgan fingerprint density at radius 2 is 1.91 bits per heavy atom. The van der Waals surface area contributed by atoms with Crippen LogP contribution < -0.4 is 21.5 Å². The standard InChI is InChI=1S/C23H22N4O3S2/c1-3-4-13-7-10-15-18(24)19(32-22(15)26-13)21(29)27-23-17(20(25)28)16(11-31-23)12-5-8-14(30-2)9-6-12/h5-11H,3-4,24H2,1-2H3,(H2,25,28)(H,27,29). The van der Waals surface area contributed by atoms with Crippen molar-refractivity contribution in [1.29, 1.82) is 0 Å². The van der Waals surface area contributed by atoms with Gasteiger partial charge in [0.1, 0.15) is 20.5 Å². The van der Waals surface area contributed by atoms with Gasteiger partial charge >= 0.3 is 0 Å². The second-order valence-corrected chi connectivity index (χ2v) is 9.03. The summed E-state index contributed by atoms with van der Waals surface area (Å²) in [5.41, 5.74) is 15.0. The number of fused-ring (bicyclic) bond motifs is 1. The molecule has 0 fully saturated rings. The molecule has 7 nitrogen and oxygen atoms in total. The van der Waals surface area contributed by atoms with E-state index in [2.05, 4.69) is 17.2 Å². The summed E-state index contributed by atoms with van der Waals surface area (Å²) in [6.07, 6.45) is 1.85.